The molecular formula is C19H20N2. The monoisotopic (exact) mass is 276 g/mol. The van der Waals surface area contributed by atoms with Crippen molar-refractivity contribution in [1.29, 1.82) is 0 Å². The van der Waals surface area contributed by atoms with E-state index in [1.54, 1.807) is 0 Å². The topological polar surface area (TPSA) is 24.9 Å². The Labute approximate surface area is 125 Å². The first-order valence-electron chi connectivity index (χ1n) is 7.40. The molecule has 2 nitrogen and oxygen atoms in total. The zero-order chi connectivity index (χ0) is 14.7. The van der Waals surface area contributed by atoms with Crippen LogP contribution in [-0.2, 0) is 6.54 Å². The van der Waals surface area contributed by atoms with E-state index in [1.807, 2.05) is 12.3 Å². The molecular weight excluding hydrogens is 256 g/mol. The molecule has 0 amide bonds. The van der Waals surface area contributed by atoms with Gasteiger partial charge in [-0.15, -0.1) is 0 Å². The van der Waals surface area contributed by atoms with Gasteiger partial charge in [0, 0.05) is 24.2 Å². The van der Waals surface area contributed by atoms with Crippen LogP contribution in [0.25, 0.3) is 22.0 Å². The molecule has 1 N–H and O–H groups in total. The zero-order valence-electron chi connectivity index (χ0n) is 12.5. The standard InChI is InChI=1S/C19H20N2/c1-14(2)21-13-15-5-7-16(8-6-15)18-10-9-17-4-3-11-20-19(17)12-18/h3-12,14,21H,13H2,1-2H3. The lowest BCUT2D eigenvalue weighted by atomic mass is 10.0. The minimum atomic E-state index is 0.510. The van der Waals surface area contributed by atoms with E-state index in [-0.39, 0.29) is 0 Å². The maximum Gasteiger partial charge on any atom is 0.0708 e. The minimum Gasteiger partial charge on any atom is -0.310 e. The van der Waals surface area contributed by atoms with E-state index in [1.165, 1.54) is 22.1 Å². The number of nitrogens with zero attached hydrogens (tertiary/aromatic N) is 1. The highest BCUT2D eigenvalue weighted by Gasteiger charge is 2.01. The second kappa shape index (κ2) is 6.06. The summed E-state index contributed by atoms with van der Waals surface area (Å²) in [5.74, 6) is 0. The van der Waals surface area contributed by atoms with Crippen molar-refractivity contribution in [3.63, 3.8) is 0 Å². The van der Waals surface area contributed by atoms with Gasteiger partial charge in [0.25, 0.3) is 0 Å². The highest BCUT2D eigenvalue weighted by molar-refractivity contribution is 5.84. The largest absolute Gasteiger partial charge is 0.310 e. The highest BCUT2D eigenvalue weighted by Crippen LogP contribution is 2.23. The van der Waals surface area contributed by atoms with Crippen LogP contribution in [0.15, 0.2) is 60.8 Å². The predicted molar refractivity (Wildman–Crippen MR) is 89.2 cm³/mol. The molecule has 0 saturated carbocycles. The van der Waals surface area contributed by atoms with Crippen molar-refractivity contribution in [2.24, 2.45) is 0 Å². The summed E-state index contributed by atoms with van der Waals surface area (Å²) >= 11 is 0. The van der Waals surface area contributed by atoms with Gasteiger partial charge in [-0.2, -0.15) is 0 Å². The molecule has 0 bridgehead atoms. The first kappa shape index (κ1) is 13.8. The lowest BCUT2D eigenvalue weighted by Gasteiger charge is -2.09. The molecule has 2 aromatic carbocycles. The molecule has 0 spiro atoms. The third-order valence-electron chi connectivity index (χ3n) is 3.61. The lowest BCUT2D eigenvalue weighted by molar-refractivity contribution is 0.589. The molecule has 1 heterocycles. The molecule has 1 aromatic heterocycles. The van der Waals surface area contributed by atoms with Crippen molar-refractivity contribution >= 4 is 10.9 Å². The Morgan fingerprint density at radius 1 is 0.952 bits per heavy atom. The average Bonchev–Trinajstić information content (AvgIpc) is 2.53. The minimum absolute atomic E-state index is 0.510. The first-order valence-corrected chi connectivity index (χ1v) is 7.40. The van der Waals surface area contributed by atoms with E-state index in [2.05, 4.69) is 72.7 Å². The van der Waals surface area contributed by atoms with Gasteiger partial charge in [-0.3, -0.25) is 4.98 Å². The van der Waals surface area contributed by atoms with Crippen molar-refractivity contribution in [2.75, 3.05) is 0 Å². The molecule has 3 rings (SSSR count). The van der Waals surface area contributed by atoms with Crippen LogP contribution in [0.5, 0.6) is 0 Å². The number of benzene rings is 2. The molecule has 106 valence electrons. The first-order chi connectivity index (χ1) is 10.2. The summed E-state index contributed by atoms with van der Waals surface area (Å²) in [6.45, 7) is 5.24. The Hall–Kier alpha value is -2.19. The van der Waals surface area contributed by atoms with Gasteiger partial charge >= 0.3 is 0 Å². The third kappa shape index (κ3) is 3.29. The highest BCUT2D eigenvalue weighted by atomic mass is 14.9. The number of hydrogen-bond acceptors (Lipinski definition) is 2. The molecule has 0 radical (unpaired) electrons. The van der Waals surface area contributed by atoms with E-state index < -0.39 is 0 Å². The van der Waals surface area contributed by atoms with E-state index in [0.717, 1.165) is 12.1 Å². The number of fused-ring (bicyclic) bond motifs is 1. The summed E-state index contributed by atoms with van der Waals surface area (Å²) in [7, 11) is 0. The van der Waals surface area contributed by atoms with Gasteiger partial charge in [0.2, 0.25) is 0 Å². The smallest absolute Gasteiger partial charge is 0.0708 e. The Bertz CT molecular complexity index is 730. The van der Waals surface area contributed by atoms with Crippen molar-refractivity contribution in [1.82, 2.24) is 10.3 Å². The van der Waals surface area contributed by atoms with Gasteiger partial charge in [0.15, 0.2) is 0 Å². The summed E-state index contributed by atoms with van der Waals surface area (Å²) in [5, 5.41) is 4.61. The van der Waals surface area contributed by atoms with Crippen LogP contribution < -0.4 is 5.32 Å². The van der Waals surface area contributed by atoms with Crippen molar-refractivity contribution in [2.45, 2.75) is 26.4 Å². The predicted octanol–water partition coefficient (Wildman–Crippen LogP) is 4.40. The van der Waals surface area contributed by atoms with Crippen LogP contribution >= 0.6 is 0 Å². The Kier molecular flexibility index (Phi) is 3.98. The van der Waals surface area contributed by atoms with Crippen LogP contribution in [-0.4, -0.2) is 11.0 Å². The maximum atomic E-state index is 4.42. The van der Waals surface area contributed by atoms with Gasteiger partial charge in [0.1, 0.15) is 0 Å². The number of rotatable bonds is 4. The van der Waals surface area contributed by atoms with Gasteiger partial charge in [-0.05, 0) is 28.8 Å². The van der Waals surface area contributed by atoms with Gasteiger partial charge in [-0.1, -0.05) is 56.3 Å². The SMILES string of the molecule is CC(C)NCc1ccc(-c2ccc3cccnc3c2)cc1. The fourth-order valence-electron chi connectivity index (χ4n) is 2.38. The molecule has 0 aliphatic rings. The average molecular weight is 276 g/mol. The summed E-state index contributed by atoms with van der Waals surface area (Å²) in [5.41, 5.74) is 4.80. The molecule has 21 heavy (non-hydrogen) atoms. The van der Waals surface area contributed by atoms with Gasteiger partial charge in [-0.25, -0.2) is 0 Å². The molecule has 0 saturated heterocycles. The molecule has 0 aliphatic heterocycles. The zero-order valence-corrected chi connectivity index (χ0v) is 12.5. The molecule has 0 unspecified atom stereocenters. The Morgan fingerprint density at radius 3 is 2.48 bits per heavy atom. The molecule has 3 aromatic rings. The summed E-state index contributed by atoms with van der Waals surface area (Å²) < 4.78 is 0. The van der Waals surface area contributed by atoms with Crippen molar-refractivity contribution in [3.05, 3.63) is 66.4 Å². The molecule has 0 fully saturated rings. The fourth-order valence-corrected chi connectivity index (χ4v) is 2.38. The van der Waals surface area contributed by atoms with E-state index in [0.29, 0.717) is 6.04 Å². The van der Waals surface area contributed by atoms with Crippen LogP contribution in [0.2, 0.25) is 0 Å². The van der Waals surface area contributed by atoms with Crippen LogP contribution in [0.4, 0.5) is 0 Å². The Balaban J connectivity index is 1.85. The van der Waals surface area contributed by atoms with E-state index >= 15 is 0 Å². The van der Waals surface area contributed by atoms with E-state index in [9.17, 15) is 0 Å². The summed E-state index contributed by atoms with van der Waals surface area (Å²) in [4.78, 5) is 4.42. The Morgan fingerprint density at radius 2 is 1.71 bits per heavy atom. The van der Waals surface area contributed by atoms with E-state index in [4.69, 9.17) is 0 Å². The number of pyridine rings is 1. The van der Waals surface area contributed by atoms with Crippen LogP contribution in [0.3, 0.4) is 0 Å². The molecule has 0 aliphatic carbocycles. The maximum absolute atomic E-state index is 4.42. The summed E-state index contributed by atoms with van der Waals surface area (Å²) in [6.07, 6.45) is 1.84. The van der Waals surface area contributed by atoms with Gasteiger partial charge < -0.3 is 5.32 Å². The molecule has 0 atom stereocenters. The van der Waals surface area contributed by atoms with Crippen molar-refractivity contribution < 1.29 is 0 Å². The van der Waals surface area contributed by atoms with Crippen LogP contribution in [0, 0.1) is 0 Å². The number of aromatic nitrogens is 1. The normalized spacial score (nSPS) is 11.2. The van der Waals surface area contributed by atoms with Crippen LogP contribution in [0.1, 0.15) is 19.4 Å². The lowest BCUT2D eigenvalue weighted by Crippen LogP contribution is -2.21. The second-order valence-corrected chi connectivity index (χ2v) is 5.64. The number of hydrogen-bond donors (Lipinski definition) is 1. The summed E-state index contributed by atoms with van der Waals surface area (Å²) in [6, 6.07) is 19.7. The molecule has 2 heteroatoms. The second-order valence-electron chi connectivity index (χ2n) is 5.64. The number of nitrogens with one attached hydrogen (secondary N) is 1. The van der Waals surface area contributed by atoms with Crippen molar-refractivity contribution in [3.8, 4) is 11.1 Å². The fraction of sp³-hybridized carbons (Fsp3) is 0.211. The van der Waals surface area contributed by atoms with Gasteiger partial charge in [0.05, 0.1) is 5.52 Å². The third-order valence-corrected chi connectivity index (χ3v) is 3.61. The quantitative estimate of drug-likeness (QED) is 0.764.